The van der Waals surface area contributed by atoms with Gasteiger partial charge in [0.25, 0.3) is 0 Å². The van der Waals surface area contributed by atoms with Crippen LogP contribution in [0.3, 0.4) is 0 Å². The fraction of sp³-hybridized carbons (Fsp3) is 0.154. The number of benzene rings is 3. The van der Waals surface area contributed by atoms with E-state index in [1.54, 1.807) is 50.7 Å². The van der Waals surface area contributed by atoms with Crippen LogP contribution in [0.25, 0.3) is 0 Å². The maximum absolute atomic E-state index is 13.6. The quantitative estimate of drug-likeness (QED) is 0.482. The van der Waals surface area contributed by atoms with E-state index in [1.165, 1.54) is 0 Å². The summed E-state index contributed by atoms with van der Waals surface area (Å²) in [6.45, 7) is 0. The highest BCUT2D eigenvalue weighted by Gasteiger charge is 2.29. The molecule has 0 aliphatic heterocycles. The Bertz CT molecular complexity index is 1150. The fourth-order valence-electron chi connectivity index (χ4n) is 3.38. The van der Waals surface area contributed by atoms with Gasteiger partial charge >= 0.3 is 0 Å². The smallest absolute Gasteiger partial charge is 0.204 e. The molecule has 6 heteroatoms. The molecule has 0 aromatic heterocycles. The predicted octanol–water partition coefficient (Wildman–Crippen LogP) is 4.79. The third-order valence-electron chi connectivity index (χ3n) is 5.05. The Hall–Kier alpha value is -4.24. The number of nitrogens with one attached hydrogen (secondary N) is 2. The number of carbonyl (C=O) groups excluding carboxylic acids is 1. The molecule has 0 amide bonds. The molecule has 0 spiro atoms. The number of ether oxygens (including phenoxy) is 1. The predicted molar refractivity (Wildman–Crippen MR) is 127 cm³/mol. The van der Waals surface area contributed by atoms with Crippen molar-refractivity contribution in [3.63, 3.8) is 0 Å². The molecule has 0 bridgehead atoms. The van der Waals surface area contributed by atoms with Crippen molar-refractivity contribution in [3.05, 3.63) is 95.6 Å². The zero-order valence-corrected chi connectivity index (χ0v) is 17.9. The number of nitriles is 1. The third kappa shape index (κ3) is 5.27. The highest BCUT2D eigenvalue weighted by molar-refractivity contribution is 6.45. The monoisotopic (exact) mass is 424 g/mol. The molecule has 0 fully saturated rings. The number of hydrogen-bond acceptors (Lipinski definition) is 6. The van der Waals surface area contributed by atoms with Gasteiger partial charge < -0.3 is 15.5 Å². The zero-order chi connectivity index (χ0) is 22.9. The molecule has 160 valence electrons. The number of Topliss-reactive ketones (excluding diaryl/α,β-unsaturated/α-hetero) is 1. The van der Waals surface area contributed by atoms with Crippen molar-refractivity contribution in [1.82, 2.24) is 0 Å². The van der Waals surface area contributed by atoms with Crippen molar-refractivity contribution in [2.45, 2.75) is 12.0 Å². The zero-order valence-electron chi connectivity index (χ0n) is 17.9. The topological polar surface area (TPSA) is 98.3 Å². The number of carbonyl (C=O) groups is 1. The molecule has 3 rings (SSSR count). The minimum atomic E-state index is -0.821. The van der Waals surface area contributed by atoms with Crippen molar-refractivity contribution in [2.24, 2.45) is 4.99 Å². The van der Waals surface area contributed by atoms with Crippen LogP contribution in [-0.2, 0) is 4.79 Å². The molecule has 3 aromatic rings. The summed E-state index contributed by atoms with van der Waals surface area (Å²) in [5, 5.41) is 21.1. The molecule has 6 nitrogen and oxygen atoms in total. The van der Waals surface area contributed by atoms with E-state index in [-0.39, 0.29) is 11.5 Å². The van der Waals surface area contributed by atoms with Crippen LogP contribution >= 0.6 is 0 Å². The summed E-state index contributed by atoms with van der Waals surface area (Å²) in [5.41, 5.74) is 2.57. The second kappa shape index (κ2) is 10.7. The van der Waals surface area contributed by atoms with E-state index in [0.29, 0.717) is 22.6 Å². The lowest BCUT2D eigenvalue weighted by atomic mass is 9.88. The summed E-state index contributed by atoms with van der Waals surface area (Å²) in [5.74, 6) is -0.302. The summed E-state index contributed by atoms with van der Waals surface area (Å²) in [6, 6.07) is 24.7. The molecule has 0 radical (unpaired) electrons. The molecular formula is C26H24N4O2. The Morgan fingerprint density at radius 2 is 1.78 bits per heavy atom. The lowest BCUT2D eigenvalue weighted by Crippen LogP contribution is -2.32. The number of hydrogen-bond donors (Lipinski definition) is 2. The van der Waals surface area contributed by atoms with Gasteiger partial charge in [-0.25, -0.2) is 0 Å². The van der Waals surface area contributed by atoms with Crippen molar-refractivity contribution >= 4 is 23.4 Å². The Labute approximate surface area is 187 Å². The number of rotatable bonds is 9. The molecule has 2 N–H and O–H groups in total. The minimum absolute atomic E-state index is 0.0773. The Kier molecular flexibility index (Phi) is 7.50. The summed E-state index contributed by atoms with van der Waals surface area (Å²) in [7, 11) is 3.20. The van der Waals surface area contributed by atoms with Crippen LogP contribution in [0.5, 0.6) is 5.75 Å². The van der Waals surface area contributed by atoms with Gasteiger partial charge in [0, 0.05) is 25.0 Å². The number of nitrogens with zero attached hydrogens (tertiary/aromatic N) is 2. The standard InChI is InChI=1S/C26H24N4O2/c1-29-17-23(19-7-4-3-5-8-19)24(28)26(31)25(20-13-11-18(16-27)12-14-20)30-21-9-6-10-22(15-21)32-2/h3-15,17,23,25,28,30H,1-2H3. The molecule has 0 saturated heterocycles. The minimum Gasteiger partial charge on any atom is -0.497 e. The average Bonchev–Trinajstić information content (AvgIpc) is 2.85. The van der Waals surface area contributed by atoms with E-state index in [1.807, 2.05) is 48.5 Å². The van der Waals surface area contributed by atoms with E-state index >= 15 is 0 Å². The van der Waals surface area contributed by atoms with E-state index < -0.39 is 12.0 Å². The van der Waals surface area contributed by atoms with Crippen molar-refractivity contribution in [3.8, 4) is 11.8 Å². The van der Waals surface area contributed by atoms with Crippen LogP contribution in [0.4, 0.5) is 5.69 Å². The van der Waals surface area contributed by atoms with Crippen molar-refractivity contribution in [2.75, 3.05) is 19.5 Å². The fourth-order valence-corrected chi connectivity index (χ4v) is 3.38. The van der Waals surface area contributed by atoms with Gasteiger partial charge in [0.15, 0.2) is 0 Å². The first kappa shape index (κ1) is 22.4. The van der Waals surface area contributed by atoms with E-state index in [4.69, 9.17) is 15.4 Å². The van der Waals surface area contributed by atoms with Gasteiger partial charge in [0.05, 0.1) is 30.4 Å². The first-order valence-corrected chi connectivity index (χ1v) is 10.1. The van der Waals surface area contributed by atoms with Crippen LogP contribution in [0.1, 0.15) is 28.7 Å². The largest absolute Gasteiger partial charge is 0.497 e. The summed E-state index contributed by atoms with van der Waals surface area (Å²) >= 11 is 0. The molecule has 3 aromatic carbocycles. The van der Waals surface area contributed by atoms with Gasteiger partial charge in [-0.3, -0.25) is 9.79 Å². The number of ketones is 1. The van der Waals surface area contributed by atoms with Gasteiger partial charge in [-0.15, -0.1) is 0 Å². The Morgan fingerprint density at radius 3 is 2.41 bits per heavy atom. The van der Waals surface area contributed by atoms with Crippen LogP contribution in [0, 0.1) is 16.7 Å². The maximum atomic E-state index is 13.6. The molecule has 0 aliphatic carbocycles. The highest BCUT2D eigenvalue weighted by Crippen LogP contribution is 2.27. The van der Waals surface area contributed by atoms with E-state index in [9.17, 15) is 4.79 Å². The normalized spacial score (nSPS) is 12.5. The average molecular weight is 425 g/mol. The van der Waals surface area contributed by atoms with Gasteiger partial charge in [-0.05, 0) is 35.4 Å². The third-order valence-corrected chi connectivity index (χ3v) is 5.05. The highest BCUT2D eigenvalue weighted by atomic mass is 16.5. The molecule has 2 unspecified atom stereocenters. The van der Waals surface area contributed by atoms with Gasteiger partial charge in [0.2, 0.25) is 5.78 Å². The number of methoxy groups -OCH3 is 1. The maximum Gasteiger partial charge on any atom is 0.204 e. The van der Waals surface area contributed by atoms with Crippen molar-refractivity contribution < 1.29 is 9.53 Å². The lowest BCUT2D eigenvalue weighted by molar-refractivity contribution is -0.113. The van der Waals surface area contributed by atoms with Crippen LogP contribution in [0.2, 0.25) is 0 Å². The van der Waals surface area contributed by atoms with Gasteiger partial charge in [0.1, 0.15) is 11.8 Å². The number of anilines is 1. The van der Waals surface area contributed by atoms with Gasteiger partial charge in [-0.1, -0.05) is 48.5 Å². The molecular weight excluding hydrogens is 400 g/mol. The van der Waals surface area contributed by atoms with Crippen LogP contribution < -0.4 is 10.1 Å². The van der Waals surface area contributed by atoms with Crippen LogP contribution in [0.15, 0.2) is 83.9 Å². The van der Waals surface area contributed by atoms with E-state index in [2.05, 4.69) is 16.4 Å². The SMILES string of the molecule is CN=CC(C(=N)C(=O)C(Nc1cccc(OC)c1)c1ccc(C#N)cc1)c1ccccc1. The molecule has 2 atom stereocenters. The molecule has 0 heterocycles. The summed E-state index contributed by atoms with van der Waals surface area (Å²) in [6.07, 6.45) is 1.61. The molecule has 0 saturated carbocycles. The molecule has 0 aliphatic rings. The Morgan fingerprint density at radius 1 is 1.06 bits per heavy atom. The lowest BCUT2D eigenvalue weighted by Gasteiger charge is -2.22. The Balaban J connectivity index is 1.99. The van der Waals surface area contributed by atoms with Crippen molar-refractivity contribution in [1.29, 1.82) is 10.7 Å². The summed E-state index contributed by atoms with van der Waals surface area (Å²) < 4.78 is 5.29. The first-order chi connectivity index (χ1) is 15.6. The number of aliphatic imine (C=N–C) groups is 1. The summed E-state index contributed by atoms with van der Waals surface area (Å²) in [4.78, 5) is 17.7. The van der Waals surface area contributed by atoms with E-state index in [0.717, 1.165) is 5.56 Å². The second-order valence-electron chi connectivity index (χ2n) is 7.12. The second-order valence-corrected chi connectivity index (χ2v) is 7.12. The van der Waals surface area contributed by atoms with Crippen LogP contribution in [-0.4, -0.2) is 31.9 Å². The van der Waals surface area contributed by atoms with Gasteiger partial charge in [-0.2, -0.15) is 5.26 Å². The molecule has 32 heavy (non-hydrogen) atoms. The first-order valence-electron chi connectivity index (χ1n) is 10.1.